The highest BCUT2D eigenvalue weighted by Gasteiger charge is 2.17. The van der Waals surface area contributed by atoms with Gasteiger partial charge in [0.05, 0.1) is 4.92 Å². The molecule has 1 aromatic heterocycles. The average molecular weight is 340 g/mol. The van der Waals surface area contributed by atoms with E-state index in [-0.39, 0.29) is 16.9 Å². The van der Waals surface area contributed by atoms with Gasteiger partial charge in [-0.25, -0.2) is 4.98 Å². The zero-order valence-corrected chi connectivity index (χ0v) is 11.4. The fraction of sp³-hybridized carbons (Fsp3) is 0. The number of aromatic nitrogens is 1. The maximum Gasteiger partial charge on any atom is 0.293 e. The van der Waals surface area contributed by atoms with E-state index >= 15 is 0 Å². The Balaban J connectivity index is 2.30. The third-order valence-electron chi connectivity index (χ3n) is 2.39. The van der Waals surface area contributed by atoms with Gasteiger partial charge in [0.2, 0.25) is 5.95 Å². The summed E-state index contributed by atoms with van der Waals surface area (Å²) in [7, 11) is 0. The van der Waals surface area contributed by atoms with Gasteiger partial charge < -0.3 is 5.32 Å². The predicted octanol–water partition coefficient (Wildman–Crippen LogP) is 3.14. The SMILES string of the molecule is O=C(Nc1ccc(Br)cc1[N+](=O)[O-])c1ccnc(F)c1. The Hall–Kier alpha value is -2.35. The van der Waals surface area contributed by atoms with Crippen LogP contribution < -0.4 is 5.32 Å². The van der Waals surface area contributed by atoms with Crippen LogP contribution in [0.15, 0.2) is 41.0 Å². The lowest BCUT2D eigenvalue weighted by Gasteiger charge is -2.06. The minimum atomic E-state index is -0.803. The van der Waals surface area contributed by atoms with Gasteiger partial charge in [0.25, 0.3) is 11.6 Å². The summed E-state index contributed by atoms with van der Waals surface area (Å²) in [5, 5.41) is 13.3. The average Bonchev–Trinajstić information content (AvgIpc) is 2.40. The van der Waals surface area contributed by atoms with Gasteiger partial charge in [0.15, 0.2) is 0 Å². The standard InChI is InChI=1S/C12H7BrFN3O3/c13-8-1-2-9(10(6-8)17(19)20)16-12(18)7-3-4-15-11(14)5-7/h1-6H,(H,16,18). The third kappa shape index (κ3) is 3.15. The van der Waals surface area contributed by atoms with E-state index in [2.05, 4.69) is 26.2 Å². The van der Waals surface area contributed by atoms with E-state index in [0.29, 0.717) is 4.47 Å². The van der Waals surface area contributed by atoms with Crippen LogP contribution in [0.4, 0.5) is 15.8 Å². The largest absolute Gasteiger partial charge is 0.316 e. The molecule has 0 fully saturated rings. The van der Waals surface area contributed by atoms with E-state index in [9.17, 15) is 19.3 Å². The van der Waals surface area contributed by atoms with Crippen molar-refractivity contribution in [2.75, 3.05) is 5.32 Å². The van der Waals surface area contributed by atoms with Crippen molar-refractivity contribution in [2.45, 2.75) is 0 Å². The molecule has 0 aliphatic rings. The first-order valence-electron chi connectivity index (χ1n) is 5.34. The first-order valence-corrected chi connectivity index (χ1v) is 6.13. The van der Waals surface area contributed by atoms with Crippen LogP contribution in [0, 0.1) is 16.1 Å². The summed E-state index contributed by atoms with van der Waals surface area (Å²) in [6.07, 6.45) is 1.14. The lowest BCUT2D eigenvalue weighted by molar-refractivity contribution is -0.384. The number of hydrogen-bond acceptors (Lipinski definition) is 4. The Bertz CT molecular complexity index is 693. The highest BCUT2D eigenvalue weighted by molar-refractivity contribution is 9.10. The van der Waals surface area contributed by atoms with Crippen molar-refractivity contribution in [3.05, 3.63) is 62.6 Å². The number of carbonyl (C=O) groups is 1. The maximum atomic E-state index is 12.9. The van der Waals surface area contributed by atoms with E-state index in [4.69, 9.17) is 0 Å². The number of carbonyl (C=O) groups excluding carboxylic acids is 1. The van der Waals surface area contributed by atoms with Crippen LogP contribution in [0.5, 0.6) is 0 Å². The van der Waals surface area contributed by atoms with Crippen molar-refractivity contribution in [3.8, 4) is 0 Å². The lowest BCUT2D eigenvalue weighted by Crippen LogP contribution is -2.13. The van der Waals surface area contributed by atoms with E-state index < -0.39 is 16.8 Å². The number of anilines is 1. The van der Waals surface area contributed by atoms with Gasteiger partial charge in [-0.15, -0.1) is 0 Å². The summed E-state index contributed by atoms with van der Waals surface area (Å²) in [6, 6.07) is 6.46. The summed E-state index contributed by atoms with van der Waals surface area (Å²) in [4.78, 5) is 25.5. The van der Waals surface area contributed by atoms with Crippen molar-refractivity contribution in [3.63, 3.8) is 0 Å². The Kier molecular flexibility index (Phi) is 4.04. The number of hydrogen-bond donors (Lipinski definition) is 1. The highest BCUT2D eigenvalue weighted by atomic mass is 79.9. The summed E-state index contributed by atoms with van der Waals surface area (Å²) < 4.78 is 13.4. The lowest BCUT2D eigenvalue weighted by atomic mass is 10.2. The van der Waals surface area contributed by atoms with Gasteiger partial charge in [0, 0.05) is 28.4 Å². The number of pyridine rings is 1. The van der Waals surface area contributed by atoms with Gasteiger partial charge in [-0.2, -0.15) is 4.39 Å². The molecule has 1 N–H and O–H groups in total. The monoisotopic (exact) mass is 339 g/mol. The topological polar surface area (TPSA) is 85.1 Å². The van der Waals surface area contributed by atoms with E-state index in [0.717, 1.165) is 12.3 Å². The second kappa shape index (κ2) is 5.74. The minimum Gasteiger partial charge on any atom is -0.316 e. The quantitative estimate of drug-likeness (QED) is 0.528. The highest BCUT2D eigenvalue weighted by Crippen LogP contribution is 2.28. The van der Waals surface area contributed by atoms with Crippen LogP contribution in [0.3, 0.4) is 0 Å². The zero-order chi connectivity index (χ0) is 14.7. The van der Waals surface area contributed by atoms with Gasteiger partial charge >= 0.3 is 0 Å². The van der Waals surface area contributed by atoms with Gasteiger partial charge in [-0.05, 0) is 18.2 Å². The summed E-state index contributed by atoms with van der Waals surface area (Å²) in [5.41, 5.74) is -0.211. The fourth-order valence-corrected chi connectivity index (χ4v) is 1.85. The zero-order valence-electron chi connectivity index (χ0n) is 9.84. The molecule has 0 radical (unpaired) electrons. The van der Waals surface area contributed by atoms with Crippen LogP contribution in [0.2, 0.25) is 0 Å². The Morgan fingerprint density at radius 1 is 1.35 bits per heavy atom. The van der Waals surface area contributed by atoms with E-state index in [1.807, 2.05) is 0 Å². The van der Waals surface area contributed by atoms with Crippen molar-refractivity contribution >= 4 is 33.2 Å². The summed E-state index contributed by atoms with van der Waals surface area (Å²) in [6.45, 7) is 0. The van der Waals surface area contributed by atoms with Crippen molar-refractivity contribution in [2.24, 2.45) is 0 Å². The molecule has 20 heavy (non-hydrogen) atoms. The van der Waals surface area contributed by atoms with Gasteiger partial charge in [0.1, 0.15) is 5.69 Å². The number of rotatable bonds is 3. The molecule has 0 aliphatic heterocycles. The molecule has 0 aliphatic carbocycles. The second-order valence-corrected chi connectivity index (χ2v) is 4.66. The van der Waals surface area contributed by atoms with Crippen molar-refractivity contribution < 1.29 is 14.1 Å². The molecule has 0 saturated heterocycles. The third-order valence-corrected chi connectivity index (χ3v) is 2.89. The first-order chi connectivity index (χ1) is 9.47. The van der Waals surface area contributed by atoms with Gasteiger partial charge in [-0.3, -0.25) is 14.9 Å². The molecule has 8 heteroatoms. The molecule has 1 amide bonds. The first kappa shape index (κ1) is 14.1. The molecule has 0 saturated carbocycles. The predicted molar refractivity (Wildman–Crippen MR) is 72.9 cm³/mol. The van der Waals surface area contributed by atoms with Crippen LogP contribution in [0.1, 0.15) is 10.4 Å². The molecule has 0 unspecified atom stereocenters. The molecule has 1 aromatic carbocycles. The fourth-order valence-electron chi connectivity index (χ4n) is 1.50. The maximum absolute atomic E-state index is 12.9. The number of nitro benzene ring substituents is 1. The van der Waals surface area contributed by atoms with Gasteiger partial charge in [-0.1, -0.05) is 15.9 Å². The second-order valence-electron chi connectivity index (χ2n) is 3.74. The van der Waals surface area contributed by atoms with Crippen LogP contribution in [-0.4, -0.2) is 15.8 Å². The molecule has 2 aromatic rings. The normalized spacial score (nSPS) is 10.1. The van der Waals surface area contributed by atoms with Crippen molar-refractivity contribution in [1.82, 2.24) is 4.98 Å². The molecule has 6 nitrogen and oxygen atoms in total. The van der Waals surface area contributed by atoms with Crippen molar-refractivity contribution in [1.29, 1.82) is 0 Å². The van der Waals surface area contributed by atoms with Crippen LogP contribution in [0.25, 0.3) is 0 Å². The Morgan fingerprint density at radius 3 is 2.75 bits per heavy atom. The molecular weight excluding hydrogens is 333 g/mol. The number of benzene rings is 1. The van der Waals surface area contributed by atoms with Crippen LogP contribution >= 0.6 is 15.9 Å². The summed E-state index contributed by atoms with van der Waals surface area (Å²) in [5.74, 6) is -1.46. The molecule has 2 rings (SSSR count). The number of amides is 1. The molecule has 0 atom stereocenters. The molecule has 0 bridgehead atoms. The van der Waals surface area contributed by atoms with Crippen LogP contribution in [-0.2, 0) is 0 Å². The van der Waals surface area contributed by atoms with E-state index in [1.54, 1.807) is 6.07 Å². The Labute approximate surface area is 120 Å². The molecular formula is C12H7BrFN3O3. The molecule has 0 spiro atoms. The molecule has 1 heterocycles. The Morgan fingerprint density at radius 2 is 2.10 bits per heavy atom. The smallest absolute Gasteiger partial charge is 0.293 e. The summed E-state index contributed by atoms with van der Waals surface area (Å²) >= 11 is 3.11. The minimum absolute atomic E-state index is 0.0229. The van der Waals surface area contributed by atoms with E-state index in [1.165, 1.54) is 18.2 Å². The number of nitrogens with one attached hydrogen (secondary N) is 1. The number of nitrogens with zero attached hydrogens (tertiary/aromatic N) is 2. The number of nitro groups is 1. The number of halogens is 2. The molecule has 102 valence electrons.